The highest BCUT2D eigenvalue weighted by Crippen LogP contribution is 2.20. The summed E-state index contributed by atoms with van der Waals surface area (Å²) in [5.74, 6) is 5.76. The maximum atomic E-state index is 11.9. The van der Waals surface area contributed by atoms with E-state index in [-0.39, 0.29) is 12.5 Å². The summed E-state index contributed by atoms with van der Waals surface area (Å²) in [6.07, 6.45) is 0.480. The van der Waals surface area contributed by atoms with Crippen LogP contribution in [0.15, 0.2) is 39.5 Å². The molecule has 0 aliphatic rings. The van der Waals surface area contributed by atoms with Crippen molar-refractivity contribution in [3.05, 3.63) is 56.2 Å². The summed E-state index contributed by atoms with van der Waals surface area (Å²) in [6, 6.07) is 9.50. The van der Waals surface area contributed by atoms with Gasteiger partial charge in [-0.2, -0.15) is 0 Å². The lowest BCUT2D eigenvalue weighted by atomic mass is 10.1. The number of rotatable bonds is 4. The molecule has 0 saturated heterocycles. The number of hydrogen-bond donors (Lipinski definition) is 2. The number of carbonyl (C=O) groups is 1. The van der Waals surface area contributed by atoms with Gasteiger partial charge in [-0.3, -0.25) is 4.79 Å². The van der Waals surface area contributed by atoms with Crippen LogP contribution in [0.1, 0.15) is 27.9 Å². The van der Waals surface area contributed by atoms with Crippen LogP contribution in [0.2, 0.25) is 0 Å². The minimum atomic E-state index is -0.0798. The van der Waals surface area contributed by atoms with Crippen LogP contribution in [0, 0.1) is 11.8 Å². The number of hydrogen-bond acceptors (Lipinski definition) is 3. The van der Waals surface area contributed by atoms with Gasteiger partial charge < -0.3 is 10.4 Å². The van der Waals surface area contributed by atoms with Crippen molar-refractivity contribution < 1.29 is 9.90 Å². The van der Waals surface area contributed by atoms with E-state index >= 15 is 0 Å². The molecule has 0 atom stereocenters. The van der Waals surface area contributed by atoms with Crippen LogP contribution >= 0.6 is 27.3 Å². The number of halogens is 1. The average Bonchev–Trinajstić information content (AvgIpc) is 2.93. The fraction of sp³-hybridized carbons (Fsp3) is 0.188. The third-order valence-corrected chi connectivity index (χ3v) is 4.21. The van der Waals surface area contributed by atoms with Gasteiger partial charge in [-0.25, -0.2) is 0 Å². The average molecular weight is 364 g/mol. The van der Waals surface area contributed by atoms with Gasteiger partial charge in [0.05, 0.1) is 16.0 Å². The molecule has 0 unspecified atom stereocenters. The molecule has 2 aromatic rings. The van der Waals surface area contributed by atoms with E-state index < -0.39 is 0 Å². The predicted molar refractivity (Wildman–Crippen MR) is 88.2 cm³/mol. The summed E-state index contributed by atoms with van der Waals surface area (Å²) in [5, 5.41) is 13.4. The summed E-state index contributed by atoms with van der Waals surface area (Å²) in [7, 11) is 0. The Morgan fingerprint density at radius 1 is 1.33 bits per heavy atom. The monoisotopic (exact) mass is 363 g/mol. The van der Waals surface area contributed by atoms with Gasteiger partial charge in [-0.1, -0.05) is 24.0 Å². The smallest absolute Gasteiger partial charge is 0.252 e. The van der Waals surface area contributed by atoms with E-state index in [2.05, 4.69) is 33.1 Å². The largest absolute Gasteiger partial charge is 0.395 e. The second-order valence-corrected chi connectivity index (χ2v) is 6.58. The quantitative estimate of drug-likeness (QED) is 0.819. The molecule has 1 heterocycles. The number of aliphatic hydroxyl groups excluding tert-OH is 1. The third kappa shape index (κ3) is 5.01. The van der Waals surface area contributed by atoms with Gasteiger partial charge in [0.2, 0.25) is 0 Å². The van der Waals surface area contributed by atoms with E-state index in [1.807, 2.05) is 29.6 Å². The van der Waals surface area contributed by atoms with Crippen LogP contribution in [0.3, 0.4) is 0 Å². The van der Waals surface area contributed by atoms with Crippen molar-refractivity contribution in [2.45, 2.75) is 13.0 Å². The predicted octanol–water partition coefficient (Wildman–Crippen LogP) is 3.17. The van der Waals surface area contributed by atoms with Crippen LogP contribution in [0.4, 0.5) is 0 Å². The third-order valence-electron chi connectivity index (χ3n) is 2.71. The number of carbonyl (C=O) groups excluding carboxylic acids is 1. The molecular formula is C16H14BrNO2S. The SMILES string of the molecule is O=C(NCc1ccc(C#CCCO)cc1)c1csc(Br)c1. The van der Waals surface area contributed by atoms with E-state index in [0.29, 0.717) is 18.5 Å². The number of thiophene rings is 1. The number of aliphatic hydroxyl groups is 1. The van der Waals surface area contributed by atoms with E-state index in [1.54, 1.807) is 6.07 Å². The van der Waals surface area contributed by atoms with E-state index in [0.717, 1.165) is 14.9 Å². The molecule has 3 nitrogen and oxygen atoms in total. The van der Waals surface area contributed by atoms with Gasteiger partial charge in [0.25, 0.3) is 5.91 Å². The van der Waals surface area contributed by atoms with Crippen LogP contribution in [0.25, 0.3) is 0 Å². The molecule has 2 rings (SSSR count). The second-order valence-electron chi connectivity index (χ2n) is 4.29. The van der Waals surface area contributed by atoms with Gasteiger partial charge in [0.15, 0.2) is 0 Å². The van der Waals surface area contributed by atoms with E-state index in [1.165, 1.54) is 11.3 Å². The molecule has 0 aliphatic carbocycles. The second kappa shape index (κ2) is 7.99. The highest BCUT2D eigenvalue weighted by molar-refractivity contribution is 9.11. The lowest BCUT2D eigenvalue weighted by Crippen LogP contribution is -2.22. The molecule has 2 N–H and O–H groups in total. The molecule has 1 aromatic carbocycles. The first kappa shape index (κ1) is 15.8. The summed E-state index contributed by atoms with van der Waals surface area (Å²) < 4.78 is 0.943. The zero-order valence-corrected chi connectivity index (χ0v) is 13.6. The number of nitrogens with one attached hydrogen (secondary N) is 1. The Hall–Kier alpha value is -1.61. The van der Waals surface area contributed by atoms with Crippen LogP contribution in [-0.2, 0) is 6.54 Å². The molecule has 0 bridgehead atoms. The lowest BCUT2D eigenvalue weighted by Gasteiger charge is -2.04. The Morgan fingerprint density at radius 2 is 2.10 bits per heavy atom. The molecule has 0 spiro atoms. The minimum Gasteiger partial charge on any atom is -0.395 e. The molecule has 5 heteroatoms. The van der Waals surface area contributed by atoms with Crippen molar-refractivity contribution in [2.75, 3.05) is 6.61 Å². The molecule has 0 saturated carbocycles. The van der Waals surface area contributed by atoms with Crippen molar-refractivity contribution in [2.24, 2.45) is 0 Å². The maximum absolute atomic E-state index is 11.9. The zero-order chi connectivity index (χ0) is 15.1. The Morgan fingerprint density at radius 3 is 2.71 bits per heavy atom. The maximum Gasteiger partial charge on any atom is 0.252 e. The van der Waals surface area contributed by atoms with Crippen LogP contribution in [-0.4, -0.2) is 17.6 Å². The summed E-state index contributed by atoms with van der Waals surface area (Å²) in [5.41, 5.74) is 2.59. The fourth-order valence-electron chi connectivity index (χ4n) is 1.64. The van der Waals surface area contributed by atoms with Gasteiger partial charge in [-0.15, -0.1) is 11.3 Å². The summed E-state index contributed by atoms with van der Waals surface area (Å²) in [6.45, 7) is 0.562. The molecule has 21 heavy (non-hydrogen) atoms. The van der Waals surface area contributed by atoms with Crippen molar-refractivity contribution in [3.8, 4) is 11.8 Å². The Kier molecular flexibility index (Phi) is 6.00. The van der Waals surface area contributed by atoms with Crippen LogP contribution in [0.5, 0.6) is 0 Å². The number of benzene rings is 1. The topological polar surface area (TPSA) is 49.3 Å². The molecule has 108 valence electrons. The molecule has 0 fully saturated rings. The van der Waals surface area contributed by atoms with Gasteiger partial charge >= 0.3 is 0 Å². The highest BCUT2D eigenvalue weighted by atomic mass is 79.9. The van der Waals surface area contributed by atoms with E-state index in [9.17, 15) is 4.79 Å². The van der Waals surface area contributed by atoms with Crippen molar-refractivity contribution >= 4 is 33.2 Å². The van der Waals surface area contributed by atoms with Gasteiger partial charge in [0, 0.05) is 23.9 Å². The molecule has 1 aromatic heterocycles. The molecule has 1 amide bonds. The van der Waals surface area contributed by atoms with Gasteiger partial charge in [0.1, 0.15) is 0 Å². The van der Waals surface area contributed by atoms with E-state index in [4.69, 9.17) is 5.11 Å². The zero-order valence-electron chi connectivity index (χ0n) is 11.2. The highest BCUT2D eigenvalue weighted by Gasteiger charge is 2.07. The van der Waals surface area contributed by atoms with Crippen LogP contribution < -0.4 is 5.32 Å². The molecule has 0 aliphatic heterocycles. The number of amides is 1. The van der Waals surface area contributed by atoms with Gasteiger partial charge in [-0.05, 0) is 39.7 Å². The first-order chi connectivity index (χ1) is 10.2. The van der Waals surface area contributed by atoms with Crippen molar-refractivity contribution in [1.29, 1.82) is 0 Å². The lowest BCUT2D eigenvalue weighted by molar-refractivity contribution is 0.0951. The Bertz CT molecular complexity index is 668. The van der Waals surface area contributed by atoms with Crippen molar-refractivity contribution in [3.63, 3.8) is 0 Å². The minimum absolute atomic E-state index is 0.0792. The standard InChI is InChI=1S/C16H14BrNO2S/c17-15-9-14(11-21-15)16(20)18-10-13-6-4-12(5-7-13)3-1-2-8-19/h4-7,9,11,19H,2,8,10H2,(H,18,20). The fourth-order valence-corrected chi connectivity index (χ4v) is 2.78. The first-order valence-corrected chi connectivity index (χ1v) is 8.07. The summed E-state index contributed by atoms with van der Waals surface area (Å²) >= 11 is 4.83. The molecule has 0 radical (unpaired) electrons. The Balaban J connectivity index is 1.89. The Labute approximate surface area is 136 Å². The first-order valence-electron chi connectivity index (χ1n) is 6.40. The normalized spacial score (nSPS) is 9.81. The van der Waals surface area contributed by atoms with Crippen molar-refractivity contribution in [1.82, 2.24) is 5.32 Å². The molecular weight excluding hydrogens is 350 g/mol. The summed E-state index contributed by atoms with van der Waals surface area (Å²) in [4.78, 5) is 11.9.